The summed E-state index contributed by atoms with van der Waals surface area (Å²) in [6.07, 6.45) is -0.977. The standard InChI is InChI=1S/C30H29NO6S.H2S/c1-3-4-22(13-30(34)35)21-7-5-20(6-8-21)16-36-24-9-11-28-26(14-24)27(18-38-28)25-10-12-29(31-19(25)2)37-17-23(33)15-32;/h5-12,14,18,22-23,32-33H,13,15-17H2,1-2H3,(H,34,35);1H2/t22-,23?;/m0./s1. The molecule has 39 heavy (non-hydrogen) atoms. The third kappa shape index (κ3) is 7.74. The Morgan fingerprint density at radius 3 is 2.51 bits per heavy atom. The number of thiophene rings is 1. The number of rotatable bonds is 11. The van der Waals surface area contributed by atoms with Crippen LogP contribution < -0.4 is 9.47 Å². The van der Waals surface area contributed by atoms with Crippen LogP contribution >= 0.6 is 24.8 Å². The maximum absolute atomic E-state index is 11.2. The van der Waals surface area contributed by atoms with E-state index in [1.54, 1.807) is 24.3 Å². The SMILES string of the molecule is CC#C[C@@H](CC(=O)O)c1ccc(COc2ccc3scc(-c4ccc(OCC(O)CO)nc4C)c3c2)cc1.S. The second-order valence-electron chi connectivity index (χ2n) is 8.81. The summed E-state index contributed by atoms with van der Waals surface area (Å²) in [5.74, 6) is 5.71. The normalized spacial score (nSPS) is 12.1. The van der Waals surface area contributed by atoms with Crippen LogP contribution in [0.3, 0.4) is 0 Å². The van der Waals surface area contributed by atoms with Crippen molar-refractivity contribution in [2.45, 2.75) is 38.9 Å². The molecular formula is C30H31NO6S2. The Morgan fingerprint density at radius 2 is 1.85 bits per heavy atom. The molecule has 0 radical (unpaired) electrons. The summed E-state index contributed by atoms with van der Waals surface area (Å²) in [6.45, 7) is 3.60. The molecule has 0 saturated carbocycles. The van der Waals surface area contributed by atoms with Crippen LogP contribution in [0.2, 0.25) is 0 Å². The number of aryl methyl sites for hydroxylation is 1. The molecule has 2 aromatic carbocycles. The predicted molar refractivity (Wildman–Crippen MR) is 158 cm³/mol. The summed E-state index contributed by atoms with van der Waals surface area (Å²) in [7, 11) is 0. The van der Waals surface area contributed by atoms with E-state index in [4.69, 9.17) is 19.7 Å². The Morgan fingerprint density at radius 1 is 1.08 bits per heavy atom. The van der Waals surface area contributed by atoms with Gasteiger partial charge in [0.1, 0.15) is 25.1 Å². The third-order valence-corrected chi connectivity index (χ3v) is 6.98. The van der Waals surface area contributed by atoms with Crippen molar-refractivity contribution >= 4 is 40.9 Å². The van der Waals surface area contributed by atoms with Crippen LogP contribution in [0.25, 0.3) is 21.2 Å². The van der Waals surface area contributed by atoms with Gasteiger partial charge in [0.25, 0.3) is 0 Å². The number of aliphatic carboxylic acids is 1. The van der Waals surface area contributed by atoms with Crippen LogP contribution in [0.4, 0.5) is 0 Å². The van der Waals surface area contributed by atoms with Crippen molar-refractivity contribution < 1.29 is 29.6 Å². The largest absolute Gasteiger partial charge is 0.489 e. The summed E-state index contributed by atoms with van der Waals surface area (Å²) >= 11 is 1.65. The first kappa shape index (κ1) is 30.0. The van der Waals surface area contributed by atoms with Gasteiger partial charge in [-0.05, 0) is 54.6 Å². The van der Waals surface area contributed by atoms with Gasteiger partial charge in [0, 0.05) is 33.0 Å². The van der Waals surface area contributed by atoms with Gasteiger partial charge in [0.2, 0.25) is 5.88 Å². The Bertz CT molecular complexity index is 1470. The maximum atomic E-state index is 11.2. The first-order chi connectivity index (χ1) is 18.4. The van der Waals surface area contributed by atoms with Gasteiger partial charge in [0.05, 0.1) is 18.9 Å². The van der Waals surface area contributed by atoms with E-state index in [0.29, 0.717) is 12.5 Å². The van der Waals surface area contributed by atoms with Crippen LogP contribution in [0.5, 0.6) is 11.6 Å². The molecule has 0 amide bonds. The number of carboxylic acid groups (broad SMARTS) is 1. The van der Waals surface area contributed by atoms with Crippen molar-refractivity contribution in [3.63, 3.8) is 0 Å². The second-order valence-corrected chi connectivity index (χ2v) is 9.72. The lowest BCUT2D eigenvalue weighted by atomic mass is 9.95. The number of hydrogen-bond donors (Lipinski definition) is 3. The molecule has 4 aromatic rings. The third-order valence-electron chi connectivity index (χ3n) is 6.01. The van der Waals surface area contributed by atoms with E-state index < -0.39 is 12.1 Å². The van der Waals surface area contributed by atoms with E-state index in [9.17, 15) is 9.90 Å². The number of benzene rings is 2. The lowest BCUT2D eigenvalue weighted by molar-refractivity contribution is -0.137. The van der Waals surface area contributed by atoms with Gasteiger partial charge < -0.3 is 24.8 Å². The molecule has 0 aliphatic carbocycles. The number of pyridine rings is 1. The van der Waals surface area contributed by atoms with Gasteiger partial charge in [-0.25, -0.2) is 4.98 Å². The summed E-state index contributed by atoms with van der Waals surface area (Å²) in [6, 6.07) is 17.4. The number of fused-ring (bicyclic) bond motifs is 1. The van der Waals surface area contributed by atoms with Crippen molar-refractivity contribution in [2.24, 2.45) is 0 Å². The average Bonchev–Trinajstić information content (AvgIpc) is 3.33. The molecule has 2 aromatic heterocycles. The Labute approximate surface area is 238 Å². The Balaban J connectivity index is 0.00000420. The van der Waals surface area contributed by atoms with Crippen molar-refractivity contribution in [1.29, 1.82) is 0 Å². The minimum atomic E-state index is -0.946. The molecule has 0 aliphatic rings. The number of nitrogens with zero attached hydrogens (tertiary/aromatic N) is 1. The van der Waals surface area contributed by atoms with Crippen LogP contribution in [0, 0.1) is 18.8 Å². The van der Waals surface area contributed by atoms with Crippen LogP contribution in [-0.4, -0.2) is 45.6 Å². The number of aromatic nitrogens is 1. The molecule has 1 unspecified atom stereocenters. The number of hydrogen-bond acceptors (Lipinski definition) is 7. The molecule has 0 aliphatic heterocycles. The van der Waals surface area contributed by atoms with E-state index in [-0.39, 0.29) is 39.0 Å². The lowest BCUT2D eigenvalue weighted by Gasteiger charge is -2.12. The van der Waals surface area contributed by atoms with E-state index in [2.05, 4.69) is 22.2 Å². The molecule has 0 bridgehead atoms. The van der Waals surface area contributed by atoms with Crippen LogP contribution in [-0.2, 0) is 11.4 Å². The van der Waals surface area contributed by atoms with E-state index in [0.717, 1.165) is 43.8 Å². The fourth-order valence-electron chi connectivity index (χ4n) is 4.06. The first-order valence-electron chi connectivity index (χ1n) is 12.1. The molecular weight excluding hydrogens is 534 g/mol. The molecule has 9 heteroatoms. The van der Waals surface area contributed by atoms with Crippen LogP contribution in [0.15, 0.2) is 60.0 Å². The minimum absolute atomic E-state index is 0. The van der Waals surface area contributed by atoms with E-state index >= 15 is 0 Å². The van der Waals surface area contributed by atoms with Crippen molar-refractivity contribution in [3.8, 4) is 34.6 Å². The number of aliphatic hydroxyl groups is 2. The number of ether oxygens (including phenoxy) is 2. The summed E-state index contributed by atoms with van der Waals surface area (Å²) < 4.78 is 12.7. The molecule has 7 nitrogen and oxygen atoms in total. The summed E-state index contributed by atoms with van der Waals surface area (Å²) in [5.41, 5.74) is 4.67. The number of aliphatic hydroxyl groups excluding tert-OH is 2. The summed E-state index contributed by atoms with van der Waals surface area (Å²) in [4.78, 5) is 15.7. The maximum Gasteiger partial charge on any atom is 0.304 e. The van der Waals surface area contributed by atoms with E-state index in [1.165, 1.54) is 0 Å². The Hall–Kier alpha value is -3.55. The molecule has 2 heterocycles. The van der Waals surface area contributed by atoms with Crippen molar-refractivity contribution in [3.05, 3.63) is 76.8 Å². The highest BCUT2D eigenvalue weighted by Crippen LogP contribution is 2.37. The van der Waals surface area contributed by atoms with Crippen molar-refractivity contribution in [2.75, 3.05) is 13.2 Å². The molecule has 0 fully saturated rings. The predicted octanol–water partition coefficient (Wildman–Crippen LogP) is 5.28. The zero-order valence-electron chi connectivity index (χ0n) is 21.7. The molecule has 204 valence electrons. The zero-order valence-corrected chi connectivity index (χ0v) is 23.5. The van der Waals surface area contributed by atoms with Gasteiger partial charge in [-0.15, -0.1) is 17.3 Å². The Kier molecular flexibility index (Phi) is 10.8. The van der Waals surface area contributed by atoms with Gasteiger partial charge in [-0.1, -0.05) is 30.2 Å². The molecule has 0 spiro atoms. The van der Waals surface area contributed by atoms with Gasteiger partial charge in [-0.2, -0.15) is 13.5 Å². The van der Waals surface area contributed by atoms with E-state index in [1.807, 2.05) is 55.5 Å². The van der Waals surface area contributed by atoms with Gasteiger partial charge in [0.15, 0.2) is 0 Å². The number of carbonyl (C=O) groups is 1. The first-order valence-corrected chi connectivity index (χ1v) is 13.0. The topological polar surface area (TPSA) is 109 Å². The average molecular weight is 566 g/mol. The smallest absolute Gasteiger partial charge is 0.304 e. The molecule has 3 N–H and O–H groups in total. The fraction of sp³-hybridized carbons (Fsp3) is 0.267. The fourth-order valence-corrected chi connectivity index (χ4v) is 5.00. The highest BCUT2D eigenvalue weighted by molar-refractivity contribution is 7.59. The van der Waals surface area contributed by atoms with Gasteiger partial charge >= 0.3 is 5.97 Å². The van der Waals surface area contributed by atoms with Gasteiger partial charge in [-0.3, -0.25) is 4.79 Å². The highest BCUT2D eigenvalue weighted by atomic mass is 32.1. The molecule has 2 atom stereocenters. The zero-order chi connectivity index (χ0) is 27.1. The minimum Gasteiger partial charge on any atom is -0.489 e. The van der Waals surface area contributed by atoms with Crippen molar-refractivity contribution in [1.82, 2.24) is 4.98 Å². The second kappa shape index (κ2) is 14.0. The molecule has 0 saturated heterocycles. The monoisotopic (exact) mass is 565 g/mol. The molecule has 4 rings (SSSR count). The number of carboxylic acids is 1. The lowest BCUT2D eigenvalue weighted by Crippen LogP contribution is -2.21. The highest BCUT2D eigenvalue weighted by Gasteiger charge is 2.14. The quantitative estimate of drug-likeness (QED) is 0.212. The summed E-state index contributed by atoms with van der Waals surface area (Å²) in [5, 5.41) is 30.8. The van der Waals surface area contributed by atoms with Crippen LogP contribution in [0.1, 0.15) is 36.1 Å².